The summed E-state index contributed by atoms with van der Waals surface area (Å²) in [6.45, 7) is 14.6. The molecule has 0 aliphatic heterocycles. The summed E-state index contributed by atoms with van der Waals surface area (Å²) in [4.78, 5) is 0. The molecule has 0 heterocycles. The van der Waals surface area contributed by atoms with Gasteiger partial charge in [0.15, 0.2) is 0 Å². The first kappa shape index (κ1) is 21.9. The normalized spacial score (nSPS) is 46.5. The topological polar surface area (TPSA) is 20.2 Å². The molecule has 3 saturated carbocycles. The van der Waals surface area contributed by atoms with E-state index in [4.69, 9.17) is 0 Å². The van der Waals surface area contributed by atoms with Gasteiger partial charge in [-0.05, 0) is 116 Å². The molecule has 4 aliphatic carbocycles. The average molecular weight is 401 g/mol. The molecule has 0 radical (unpaired) electrons. The minimum Gasteiger partial charge on any atom is -0.393 e. The molecular formula is C28H48O. The summed E-state index contributed by atoms with van der Waals surface area (Å²) in [6, 6.07) is 0. The maximum atomic E-state index is 10.3. The monoisotopic (exact) mass is 400 g/mol. The Morgan fingerprint density at radius 1 is 1.03 bits per heavy atom. The molecule has 4 rings (SSSR count). The van der Waals surface area contributed by atoms with E-state index in [0.717, 1.165) is 41.9 Å². The Balaban J connectivity index is 1.51. The Bertz CT molecular complexity index is 620. The zero-order chi connectivity index (χ0) is 21.0. The molecule has 0 aromatic heterocycles. The predicted octanol–water partition coefficient (Wildman–Crippen LogP) is 7.63. The summed E-state index contributed by atoms with van der Waals surface area (Å²) in [5.41, 5.74) is 2.93. The molecule has 0 aromatic carbocycles. The van der Waals surface area contributed by atoms with Crippen LogP contribution in [-0.2, 0) is 0 Å². The molecule has 0 amide bonds. The van der Waals surface area contributed by atoms with Crippen molar-refractivity contribution in [1.82, 2.24) is 0 Å². The third-order valence-electron chi connectivity index (χ3n) is 10.7. The Hall–Kier alpha value is -0.300. The maximum absolute atomic E-state index is 10.3. The summed E-state index contributed by atoms with van der Waals surface area (Å²) >= 11 is 0. The van der Waals surface area contributed by atoms with Gasteiger partial charge in [-0.15, -0.1) is 0 Å². The number of hydrogen-bond acceptors (Lipinski definition) is 1. The summed E-state index contributed by atoms with van der Waals surface area (Å²) < 4.78 is 0. The number of aliphatic hydroxyl groups is 1. The van der Waals surface area contributed by atoms with E-state index in [0.29, 0.717) is 16.7 Å². The molecule has 29 heavy (non-hydrogen) atoms. The molecule has 3 fully saturated rings. The van der Waals surface area contributed by atoms with Crippen molar-refractivity contribution in [1.29, 1.82) is 0 Å². The maximum Gasteiger partial charge on any atom is 0.0563 e. The van der Waals surface area contributed by atoms with E-state index >= 15 is 0 Å². The Morgan fingerprint density at radius 3 is 2.52 bits per heavy atom. The minimum atomic E-state index is -0.121. The third kappa shape index (κ3) is 3.66. The van der Waals surface area contributed by atoms with E-state index in [1.807, 2.05) is 5.57 Å². The van der Waals surface area contributed by atoms with Gasteiger partial charge >= 0.3 is 0 Å². The highest BCUT2D eigenvalue weighted by molar-refractivity contribution is 5.29. The van der Waals surface area contributed by atoms with Crippen molar-refractivity contribution in [2.75, 3.05) is 0 Å². The standard InChI is InChI=1S/C28H48O/c1-18(2)26(29)12-7-20(4)23-10-11-24-22-9-8-21-17-19(3)13-15-27(21,5)25(22)14-16-28(23,24)6/h14,18-24,26,29H,7-13,15-17H2,1-6H3/t19-,20-,21+,22?,23?,24?,26?,27?,28?/m1/s1. The fraction of sp³-hybridized carbons (Fsp3) is 0.929. The van der Waals surface area contributed by atoms with E-state index < -0.39 is 0 Å². The van der Waals surface area contributed by atoms with E-state index in [1.54, 1.807) is 0 Å². The molecule has 4 aliphatic rings. The lowest BCUT2D eigenvalue weighted by atomic mass is 9.48. The molecule has 0 aromatic rings. The van der Waals surface area contributed by atoms with Crippen LogP contribution in [0.3, 0.4) is 0 Å². The fourth-order valence-electron chi connectivity index (χ4n) is 8.68. The van der Waals surface area contributed by atoms with Crippen molar-refractivity contribution >= 4 is 0 Å². The van der Waals surface area contributed by atoms with E-state index in [2.05, 4.69) is 47.6 Å². The van der Waals surface area contributed by atoms with Crippen LogP contribution in [0, 0.1) is 52.3 Å². The highest BCUT2D eigenvalue weighted by Crippen LogP contribution is 2.66. The molecule has 0 bridgehead atoms. The lowest BCUT2D eigenvalue weighted by Crippen LogP contribution is -2.48. The highest BCUT2D eigenvalue weighted by Gasteiger charge is 2.57. The van der Waals surface area contributed by atoms with Crippen LogP contribution < -0.4 is 0 Å². The van der Waals surface area contributed by atoms with E-state index in [9.17, 15) is 5.11 Å². The van der Waals surface area contributed by atoms with Crippen molar-refractivity contribution in [2.45, 2.75) is 112 Å². The molecule has 9 atom stereocenters. The Morgan fingerprint density at radius 2 is 1.79 bits per heavy atom. The van der Waals surface area contributed by atoms with Gasteiger partial charge < -0.3 is 5.11 Å². The second kappa shape index (κ2) is 7.99. The molecular weight excluding hydrogens is 352 g/mol. The lowest BCUT2D eigenvalue weighted by Gasteiger charge is -2.57. The van der Waals surface area contributed by atoms with Crippen LogP contribution in [0.4, 0.5) is 0 Å². The molecule has 1 heteroatoms. The summed E-state index contributed by atoms with van der Waals surface area (Å²) in [5.74, 6) is 5.67. The third-order valence-corrected chi connectivity index (χ3v) is 10.7. The summed E-state index contributed by atoms with van der Waals surface area (Å²) in [5, 5.41) is 10.3. The Kier molecular flexibility index (Phi) is 6.04. The summed E-state index contributed by atoms with van der Waals surface area (Å²) in [7, 11) is 0. The van der Waals surface area contributed by atoms with Crippen molar-refractivity contribution in [3.63, 3.8) is 0 Å². The van der Waals surface area contributed by atoms with E-state index in [-0.39, 0.29) is 6.10 Å². The van der Waals surface area contributed by atoms with Gasteiger partial charge in [0, 0.05) is 0 Å². The number of hydrogen-bond donors (Lipinski definition) is 1. The summed E-state index contributed by atoms with van der Waals surface area (Å²) in [6.07, 6.45) is 16.3. The lowest BCUT2D eigenvalue weighted by molar-refractivity contribution is 0.00872. The first-order valence-corrected chi connectivity index (χ1v) is 13.1. The minimum absolute atomic E-state index is 0.121. The van der Waals surface area contributed by atoms with Gasteiger partial charge in [0.1, 0.15) is 0 Å². The van der Waals surface area contributed by atoms with Gasteiger partial charge in [-0.1, -0.05) is 53.2 Å². The van der Waals surface area contributed by atoms with Gasteiger partial charge in [0.2, 0.25) is 0 Å². The average Bonchev–Trinajstić information content (AvgIpc) is 3.03. The SMILES string of the molecule is CC(C)C(O)CC[C@@H](C)C1CCC2C3CC[C@H]4C[C@H](C)CCC4(C)C3=CCC21C. The molecule has 166 valence electrons. The smallest absolute Gasteiger partial charge is 0.0563 e. The zero-order valence-electron chi connectivity index (χ0n) is 20.2. The van der Waals surface area contributed by atoms with Crippen LogP contribution in [0.15, 0.2) is 11.6 Å². The van der Waals surface area contributed by atoms with Gasteiger partial charge in [0.25, 0.3) is 0 Å². The second-order valence-corrected chi connectivity index (χ2v) is 12.7. The second-order valence-electron chi connectivity index (χ2n) is 12.7. The first-order chi connectivity index (χ1) is 13.7. The van der Waals surface area contributed by atoms with Crippen LogP contribution in [0.2, 0.25) is 0 Å². The quantitative estimate of drug-likeness (QED) is 0.470. The van der Waals surface area contributed by atoms with Crippen molar-refractivity contribution in [2.24, 2.45) is 52.3 Å². The van der Waals surface area contributed by atoms with Crippen molar-refractivity contribution < 1.29 is 5.11 Å². The highest BCUT2D eigenvalue weighted by atomic mass is 16.3. The largest absolute Gasteiger partial charge is 0.393 e. The molecule has 1 nitrogen and oxygen atoms in total. The van der Waals surface area contributed by atoms with Crippen LogP contribution in [0.5, 0.6) is 0 Å². The van der Waals surface area contributed by atoms with Crippen molar-refractivity contribution in [3.8, 4) is 0 Å². The molecule has 0 spiro atoms. The van der Waals surface area contributed by atoms with Crippen LogP contribution >= 0.6 is 0 Å². The molecule has 1 N–H and O–H groups in total. The van der Waals surface area contributed by atoms with Gasteiger partial charge in [-0.25, -0.2) is 0 Å². The first-order valence-electron chi connectivity index (χ1n) is 13.1. The molecule has 6 unspecified atom stereocenters. The number of fused-ring (bicyclic) bond motifs is 5. The van der Waals surface area contributed by atoms with Gasteiger partial charge in [-0.2, -0.15) is 0 Å². The number of allylic oxidation sites excluding steroid dienone is 2. The Labute approximate surface area is 181 Å². The zero-order valence-corrected chi connectivity index (χ0v) is 20.2. The predicted molar refractivity (Wildman–Crippen MR) is 124 cm³/mol. The fourth-order valence-corrected chi connectivity index (χ4v) is 8.68. The molecule has 0 saturated heterocycles. The van der Waals surface area contributed by atoms with Crippen LogP contribution in [-0.4, -0.2) is 11.2 Å². The van der Waals surface area contributed by atoms with Crippen LogP contribution in [0.25, 0.3) is 0 Å². The number of aliphatic hydroxyl groups excluding tert-OH is 1. The van der Waals surface area contributed by atoms with Crippen LogP contribution in [0.1, 0.15) is 106 Å². The number of rotatable bonds is 5. The van der Waals surface area contributed by atoms with Gasteiger partial charge in [-0.3, -0.25) is 0 Å². The van der Waals surface area contributed by atoms with E-state index in [1.165, 1.54) is 57.8 Å². The van der Waals surface area contributed by atoms with Crippen molar-refractivity contribution in [3.05, 3.63) is 11.6 Å². The van der Waals surface area contributed by atoms with Gasteiger partial charge in [0.05, 0.1) is 6.10 Å².